The first-order valence-corrected chi connectivity index (χ1v) is 7.51. The Morgan fingerprint density at radius 2 is 1.76 bits per heavy atom. The highest BCUT2D eigenvalue weighted by atomic mass is 16.4. The number of carbonyl (C=O) groups is 2. The summed E-state index contributed by atoms with van der Waals surface area (Å²) in [5.41, 5.74) is 0.484. The van der Waals surface area contributed by atoms with Crippen LogP contribution in [0.1, 0.15) is 60.5 Å². The van der Waals surface area contributed by atoms with E-state index in [0.717, 1.165) is 38.8 Å². The molecule has 21 heavy (non-hydrogen) atoms. The molecule has 5 nitrogen and oxygen atoms in total. The van der Waals surface area contributed by atoms with Gasteiger partial charge >= 0.3 is 5.97 Å². The Morgan fingerprint density at radius 3 is 2.29 bits per heavy atom. The predicted octanol–water partition coefficient (Wildman–Crippen LogP) is 2.82. The molecule has 1 fully saturated rings. The van der Waals surface area contributed by atoms with Gasteiger partial charge in [-0.05, 0) is 30.4 Å². The first-order chi connectivity index (χ1) is 10.0. The molecule has 0 aliphatic carbocycles. The number of likely N-dealkylation sites (tertiary alicyclic amines) is 1. The molecular weight excluding hydrogens is 268 g/mol. The second kappa shape index (κ2) is 6.24. The summed E-state index contributed by atoms with van der Waals surface area (Å²) in [6, 6.07) is 4.54. The second-order valence-corrected chi connectivity index (χ2v) is 5.71. The molecule has 0 saturated carbocycles. The van der Waals surface area contributed by atoms with Crippen LogP contribution < -0.4 is 0 Å². The molecule has 1 saturated heterocycles. The summed E-state index contributed by atoms with van der Waals surface area (Å²) >= 11 is 0. The first-order valence-electron chi connectivity index (χ1n) is 7.51. The highest BCUT2D eigenvalue weighted by molar-refractivity contribution is 5.94. The van der Waals surface area contributed by atoms with Crippen LogP contribution in [0.2, 0.25) is 0 Å². The predicted molar refractivity (Wildman–Crippen MR) is 79.3 cm³/mol. The minimum Gasteiger partial charge on any atom is -0.477 e. The van der Waals surface area contributed by atoms with E-state index in [1.165, 1.54) is 6.07 Å². The lowest BCUT2D eigenvalue weighted by atomic mass is 9.74. The van der Waals surface area contributed by atoms with E-state index < -0.39 is 5.97 Å². The number of hydrogen-bond acceptors (Lipinski definition) is 3. The van der Waals surface area contributed by atoms with Gasteiger partial charge in [0.15, 0.2) is 0 Å². The van der Waals surface area contributed by atoms with E-state index in [1.54, 1.807) is 17.0 Å². The molecule has 0 aromatic carbocycles. The van der Waals surface area contributed by atoms with Crippen molar-refractivity contribution in [1.29, 1.82) is 0 Å². The van der Waals surface area contributed by atoms with E-state index in [4.69, 9.17) is 5.11 Å². The van der Waals surface area contributed by atoms with Gasteiger partial charge in [0.1, 0.15) is 11.4 Å². The molecule has 2 heterocycles. The molecule has 0 bridgehead atoms. The van der Waals surface area contributed by atoms with Crippen LogP contribution in [-0.4, -0.2) is 40.0 Å². The highest BCUT2D eigenvalue weighted by Gasteiger charge is 2.33. The second-order valence-electron chi connectivity index (χ2n) is 5.71. The number of aromatic carboxylic acids is 1. The summed E-state index contributed by atoms with van der Waals surface area (Å²) in [4.78, 5) is 29.1. The van der Waals surface area contributed by atoms with Gasteiger partial charge in [-0.2, -0.15) is 0 Å². The Morgan fingerprint density at radius 1 is 1.19 bits per heavy atom. The molecule has 1 aliphatic heterocycles. The molecule has 114 valence electrons. The number of hydrogen-bond donors (Lipinski definition) is 1. The molecule has 1 amide bonds. The smallest absolute Gasteiger partial charge is 0.354 e. The lowest BCUT2D eigenvalue weighted by Crippen LogP contribution is -2.43. The zero-order chi connectivity index (χ0) is 15.5. The van der Waals surface area contributed by atoms with E-state index in [1.807, 2.05) is 0 Å². The van der Waals surface area contributed by atoms with Crippen LogP contribution in [0.15, 0.2) is 18.2 Å². The van der Waals surface area contributed by atoms with Crippen LogP contribution in [-0.2, 0) is 0 Å². The lowest BCUT2D eigenvalue weighted by molar-refractivity contribution is 0.0552. The number of nitrogens with zero attached hydrogens (tertiary/aromatic N) is 2. The Hall–Kier alpha value is -1.91. The molecule has 0 radical (unpaired) electrons. The minimum absolute atomic E-state index is 0.0886. The quantitative estimate of drug-likeness (QED) is 0.925. The molecule has 1 aromatic heterocycles. The van der Waals surface area contributed by atoms with Crippen molar-refractivity contribution in [2.45, 2.75) is 39.5 Å². The largest absolute Gasteiger partial charge is 0.477 e. The third-order valence-corrected chi connectivity index (χ3v) is 4.80. The van der Waals surface area contributed by atoms with Gasteiger partial charge < -0.3 is 10.0 Å². The minimum atomic E-state index is -1.11. The third-order valence-electron chi connectivity index (χ3n) is 4.80. The van der Waals surface area contributed by atoms with Crippen LogP contribution in [0, 0.1) is 5.41 Å². The number of amides is 1. The number of aromatic nitrogens is 1. The van der Waals surface area contributed by atoms with E-state index in [2.05, 4.69) is 18.8 Å². The number of carbonyl (C=O) groups excluding carboxylic acids is 1. The Kier molecular flexibility index (Phi) is 4.60. The van der Waals surface area contributed by atoms with Gasteiger partial charge in [-0.3, -0.25) is 4.79 Å². The van der Waals surface area contributed by atoms with Gasteiger partial charge in [0.05, 0.1) is 0 Å². The summed E-state index contributed by atoms with van der Waals surface area (Å²) in [6.07, 6.45) is 4.28. The van der Waals surface area contributed by atoms with Gasteiger partial charge in [0.2, 0.25) is 0 Å². The van der Waals surface area contributed by atoms with E-state index in [-0.39, 0.29) is 17.3 Å². The van der Waals surface area contributed by atoms with Crippen molar-refractivity contribution in [3.05, 3.63) is 29.6 Å². The Balaban J connectivity index is 2.08. The van der Waals surface area contributed by atoms with Gasteiger partial charge in [-0.25, -0.2) is 9.78 Å². The van der Waals surface area contributed by atoms with Crippen molar-refractivity contribution < 1.29 is 14.7 Å². The molecule has 1 N–H and O–H groups in total. The number of pyridine rings is 1. The fourth-order valence-corrected chi connectivity index (χ4v) is 2.98. The van der Waals surface area contributed by atoms with Crippen LogP contribution in [0.3, 0.4) is 0 Å². The van der Waals surface area contributed by atoms with Gasteiger partial charge in [-0.1, -0.05) is 32.8 Å². The number of rotatable bonds is 4. The number of carboxylic acid groups (broad SMARTS) is 1. The molecule has 2 rings (SSSR count). The summed E-state index contributed by atoms with van der Waals surface area (Å²) in [6.45, 7) is 5.86. The standard InChI is InChI=1S/C16H22N2O3/c1-3-16(4-2)8-10-18(11-9-16)14(19)12-6-5-7-13(17-12)15(20)21/h5-7H,3-4,8-11H2,1-2H3,(H,20,21). The van der Waals surface area contributed by atoms with Crippen LogP contribution in [0.5, 0.6) is 0 Å². The van der Waals surface area contributed by atoms with E-state index in [0.29, 0.717) is 5.41 Å². The molecule has 1 aromatic rings. The third kappa shape index (κ3) is 3.23. The molecule has 0 unspecified atom stereocenters. The van der Waals surface area contributed by atoms with Crippen molar-refractivity contribution in [2.24, 2.45) is 5.41 Å². The number of piperidine rings is 1. The van der Waals surface area contributed by atoms with Crippen molar-refractivity contribution in [2.75, 3.05) is 13.1 Å². The van der Waals surface area contributed by atoms with Gasteiger partial charge in [-0.15, -0.1) is 0 Å². The van der Waals surface area contributed by atoms with Crippen LogP contribution in [0.25, 0.3) is 0 Å². The van der Waals surface area contributed by atoms with E-state index >= 15 is 0 Å². The summed E-state index contributed by atoms with van der Waals surface area (Å²) in [5, 5.41) is 8.95. The maximum Gasteiger partial charge on any atom is 0.354 e. The molecule has 0 spiro atoms. The lowest BCUT2D eigenvalue weighted by Gasteiger charge is -2.40. The summed E-state index contributed by atoms with van der Waals surface area (Å²) in [5.74, 6) is -1.28. The monoisotopic (exact) mass is 290 g/mol. The zero-order valence-corrected chi connectivity index (χ0v) is 12.6. The summed E-state index contributed by atoms with van der Waals surface area (Å²) in [7, 11) is 0. The normalized spacial score (nSPS) is 17.5. The van der Waals surface area contributed by atoms with Crippen LogP contribution >= 0.6 is 0 Å². The van der Waals surface area contributed by atoms with Crippen LogP contribution in [0.4, 0.5) is 0 Å². The maximum atomic E-state index is 12.4. The maximum absolute atomic E-state index is 12.4. The molecule has 5 heteroatoms. The zero-order valence-electron chi connectivity index (χ0n) is 12.6. The fourth-order valence-electron chi connectivity index (χ4n) is 2.98. The SMILES string of the molecule is CCC1(CC)CCN(C(=O)c2cccc(C(=O)O)n2)CC1. The molecular formula is C16H22N2O3. The van der Waals surface area contributed by atoms with Crippen molar-refractivity contribution >= 4 is 11.9 Å². The Labute approximate surface area is 125 Å². The van der Waals surface area contributed by atoms with Crippen molar-refractivity contribution in [1.82, 2.24) is 9.88 Å². The average molecular weight is 290 g/mol. The van der Waals surface area contributed by atoms with Crippen molar-refractivity contribution in [3.63, 3.8) is 0 Å². The first kappa shape index (κ1) is 15.5. The number of carboxylic acids is 1. The van der Waals surface area contributed by atoms with E-state index in [9.17, 15) is 9.59 Å². The average Bonchev–Trinajstić information content (AvgIpc) is 2.54. The van der Waals surface area contributed by atoms with Crippen molar-refractivity contribution in [3.8, 4) is 0 Å². The molecule has 0 atom stereocenters. The molecule has 1 aliphatic rings. The fraction of sp³-hybridized carbons (Fsp3) is 0.562. The highest BCUT2D eigenvalue weighted by Crippen LogP contribution is 2.38. The Bertz CT molecular complexity index is 528. The van der Waals surface area contributed by atoms with Gasteiger partial charge in [0.25, 0.3) is 5.91 Å². The topological polar surface area (TPSA) is 70.5 Å². The van der Waals surface area contributed by atoms with Gasteiger partial charge in [0, 0.05) is 13.1 Å². The summed E-state index contributed by atoms with van der Waals surface area (Å²) < 4.78 is 0.